The van der Waals surface area contributed by atoms with Crippen molar-refractivity contribution < 1.29 is 4.74 Å². The van der Waals surface area contributed by atoms with Crippen molar-refractivity contribution >= 4 is 34.2 Å². The fourth-order valence-corrected chi connectivity index (χ4v) is 4.51. The van der Waals surface area contributed by atoms with Crippen molar-refractivity contribution in [3.63, 3.8) is 0 Å². The molecule has 0 aliphatic carbocycles. The Morgan fingerprint density at radius 1 is 0.943 bits per heavy atom. The monoisotopic (exact) mass is 483 g/mol. The van der Waals surface area contributed by atoms with Gasteiger partial charge in [-0.2, -0.15) is 0 Å². The van der Waals surface area contributed by atoms with Gasteiger partial charge >= 0.3 is 0 Å². The van der Waals surface area contributed by atoms with Gasteiger partial charge in [0.2, 0.25) is 0 Å². The molecule has 0 radical (unpaired) electrons. The summed E-state index contributed by atoms with van der Waals surface area (Å²) >= 11 is 6.09. The summed E-state index contributed by atoms with van der Waals surface area (Å²) in [5.41, 5.74) is 5.47. The van der Waals surface area contributed by atoms with Crippen molar-refractivity contribution in [2.75, 3.05) is 19.6 Å². The van der Waals surface area contributed by atoms with Crippen LogP contribution in [0.3, 0.4) is 0 Å². The van der Waals surface area contributed by atoms with Crippen LogP contribution in [0.2, 0.25) is 5.02 Å². The smallest absolute Gasteiger partial charge is 0.130 e. The molecule has 5 heteroatoms. The van der Waals surface area contributed by atoms with E-state index in [0.717, 1.165) is 65.4 Å². The predicted molar refractivity (Wildman–Crippen MR) is 146 cm³/mol. The van der Waals surface area contributed by atoms with E-state index >= 15 is 0 Å². The highest BCUT2D eigenvalue weighted by molar-refractivity contribution is 6.30. The van der Waals surface area contributed by atoms with E-state index in [-0.39, 0.29) is 0 Å². The van der Waals surface area contributed by atoms with Crippen molar-refractivity contribution in [2.24, 2.45) is 0 Å². The molecule has 178 valence electrons. The van der Waals surface area contributed by atoms with Crippen LogP contribution < -0.4 is 15.4 Å². The second-order valence-corrected chi connectivity index (χ2v) is 9.37. The average Bonchev–Trinajstić information content (AvgIpc) is 2.92. The maximum Gasteiger partial charge on any atom is 0.130 e. The molecule has 0 spiro atoms. The van der Waals surface area contributed by atoms with E-state index < -0.39 is 0 Å². The molecule has 0 saturated carbocycles. The fraction of sp³-hybridized carbons (Fsp3) is 0.233. The van der Waals surface area contributed by atoms with E-state index in [1.54, 1.807) is 0 Å². The highest BCUT2D eigenvalue weighted by Crippen LogP contribution is 2.23. The van der Waals surface area contributed by atoms with Gasteiger partial charge in [0.1, 0.15) is 12.4 Å². The Hall–Kier alpha value is -3.18. The molecule has 0 atom stereocenters. The Labute approximate surface area is 212 Å². The summed E-state index contributed by atoms with van der Waals surface area (Å²) in [4.78, 5) is 4.70. The first kappa shape index (κ1) is 23.6. The third-order valence-corrected chi connectivity index (χ3v) is 6.65. The van der Waals surface area contributed by atoms with Crippen LogP contribution in [-0.2, 0) is 6.61 Å². The summed E-state index contributed by atoms with van der Waals surface area (Å²) in [6, 6.07) is 29.1. The standard InChI is InChI=1S/C30H30ClN3O/c31-26-10-5-22(6-11-26)19-25(20-33-27-15-17-32-18-16-27)23-8-13-29(14-9-23)35-21-28-12-7-24-3-1-2-4-30(24)34-28/h1-14,19,27,32-33H,15-18,20-21H2. The number of benzene rings is 3. The number of rotatable bonds is 8. The zero-order chi connectivity index (χ0) is 23.9. The second-order valence-electron chi connectivity index (χ2n) is 8.93. The van der Waals surface area contributed by atoms with Crippen LogP contribution in [0.5, 0.6) is 5.75 Å². The van der Waals surface area contributed by atoms with Gasteiger partial charge in [-0.1, -0.05) is 60.1 Å². The summed E-state index contributed by atoms with van der Waals surface area (Å²) in [6.07, 6.45) is 4.55. The molecule has 1 saturated heterocycles. The Bertz CT molecular complexity index is 1280. The predicted octanol–water partition coefficient (Wildman–Crippen LogP) is 6.35. The molecule has 2 heterocycles. The lowest BCUT2D eigenvalue weighted by Crippen LogP contribution is -2.40. The van der Waals surface area contributed by atoms with Crippen LogP contribution in [0.4, 0.5) is 0 Å². The van der Waals surface area contributed by atoms with Crippen molar-refractivity contribution in [1.82, 2.24) is 15.6 Å². The molecule has 4 nitrogen and oxygen atoms in total. The SMILES string of the molecule is Clc1ccc(C=C(CNC2CCNCC2)c2ccc(OCc3ccc4ccccc4n3)cc2)cc1. The second kappa shape index (κ2) is 11.5. The van der Waals surface area contributed by atoms with Crippen LogP contribution in [-0.4, -0.2) is 30.7 Å². The van der Waals surface area contributed by atoms with Gasteiger partial charge < -0.3 is 15.4 Å². The van der Waals surface area contributed by atoms with Crippen molar-refractivity contribution in [2.45, 2.75) is 25.5 Å². The van der Waals surface area contributed by atoms with Gasteiger partial charge in [-0.05, 0) is 85.1 Å². The Morgan fingerprint density at radius 3 is 2.51 bits per heavy atom. The average molecular weight is 484 g/mol. The normalized spacial score (nSPS) is 14.8. The number of piperidine rings is 1. The van der Waals surface area contributed by atoms with Gasteiger partial charge in [0, 0.05) is 23.0 Å². The van der Waals surface area contributed by atoms with Crippen LogP contribution in [0, 0.1) is 0 Å². The van der Waals surface area contributed by atoms with Gasteiger partial charge in [0.25, 0.3) is 0 Å². The summed E-state index contributed by atoms with van der Waals surface area (Å²) in [7, 11) is 0. The van der Waals surface area contributed by atoms with Gasteiger partial charge in [0.15, 0.2) is 0 Å². The van der Waals surface area contributed by atoms with E-state index in [4.69, 9.17) is 21.3 Å². The molecule has 3 aromatic carbocycles. The molecule has 1 aliphatic rings. The van der Waals surface area contributed by atoms with Crippen molar-refractivity contribution in [3.05, 3.63) is 107 Å². The minimum atomic E-state index is 0.439. The topological polar surface area (TPSA) is 46.2 Å². The van der Waals surface area contributed by atoms with Gasteiger partial charge in [0.05, 0.1) is 11.2 Å². The number of hydrogen-bond donors (Lipinski definition) is 2. The van der Waals surface area contributed by atoms with E-state index in [0.29, 0.717) is 12.6 Å². The van der Waals surface area contributed by atoms with Gasteiger partial charge in [-0.3, -0.25) is 0 Å². The zero-order valence-electron chi connectivity index (χ0n) is 19.7. The first-order valence-electron chi connectivity index (χ1n) is 12.2. The maximum absolute atomic E-state index is 6.09. The van der Waals surface area contributed by atoms with Crippen LogP contribution in [0.25, 0.3) is 22.6 Å². The Kier molecular flexibility index (Phi) is 7.74. The van der Waals surface area contributed by atoms with Gasteiger partial charge in [-0.15, -0.1) is 0 Å². The molecule has 4 aromatic rings. The molecular formula is C30H30ClN3O. The van der Waals surface area contributed by atoms with E-state index in [1.807, 2.05) is 48.5 Å². The fourth-order valence-electron chi connectivity index (χ4n) is 4.39. The van der Waals surface area contributed by atoms with Gasteiger partial charge in [-0.25, -0.2) is 4.98 Å². The van der Waals surface area contributed by atoms with E-state index in [1.165, 1.54) is 11.1 Å². The molecule has 0 amide bonds. The highest BCUT2D eigenvalue weighted by Gasteiger charge is 2.13. The third kappa shape index (κ3) is 6.49. The van der Waals surface area contributed by atoms with Crippen LogP contribution in [0.15, 0.2) is 84.9 Å². The number of ether oxygens (including phenoxy) is 1. The lowest BCUT2D eigenvalue weighted by molar-refractivity contribution is 0.302. The highest BCUT2D eigenvalue weighted by atomic mass is 35.5. The van der Waals surface area contributed by atoms with Crippen LogP contribution in [0.1, 0.15) is 29.7 Å². The Morgan fingerprint density at radius 2 is 1.71 bits per heavy atom. The summed E-state index contributed by atoms with van der Waals surface area (Å²) in [5.74, 6) is 0.834. The molecule has 1 aliphatic heterocycles. The number of nitrogens with zero attached hydrogens (tertiary/aromatic N) is 1. The third-order valence-electron chi connectivity index (χ3n) is 6.40. The number of para-hydroxylation sites is 1. The quantitative estimate of drug-likeness (QED) is 0.287. The first-order valence-corrected chi connectivity index (χ1v) is 12.6. The summed E-state index contributed by atoms with van der Waals surface area (Å²) in [6.45, 7) is 3.40. The number of pyridine rings is 1. The Balaban J connectivity index is 1.29. The molecule has 1 fully saturated rings. The molecule has 1 aromatic heterocycles. The summed E-state index contributed by atoms with van der Waals surface area (Å²) in [5, 5.41) is 9.07. The molecule has 2 N–H and O–H groups in total. The van der Waals surface area contributed by atoms with E-state index in [9.17, 15) is 0 Å². The first-order chi connectivity index (χ1) is 17.2. The minimum Gasteiger partial charge on any atom is -0.487 e. The number of fused-ring (bicyclic) bond motifs is 1. The lowest BCUT2D eigenvalue weighted by atomic mass is 10.0. The number of nitrogens with one attached hydrogen (secondary N) is 2. The number of hydrogen-bond acceptors (Lipinski definition) is 4. The molecular weight excluding hydrogens is 454 g/mol. The van der Waals surface area contributed by atoms with Crippen molar-refractivity contribution in [1.29, 1.82) is 0 Å². The van der Waals surface area contributed by atoms with Crippen molar-refractivity contribution in [3.8, 4) is 5.75 Å². The lowest BCUT2D eigenvalue weighted by Gasteiger charge is -2.24. The maximum atomic E-state index is 6.09. The summed E-state index contributed by atoms with van der Waals surface area (Å²) < 4.78 is 6.04. The molecule has 0 bridgehead atoms. The largest absolute Gasteiger partial charge is 0.487 e. The zero-order valence-corrected chi connectivity index (χ0v) is 20.5. The van der Waals surface area contributed by atoms with Crippen LogP contribution >= 0.6 is 11.6 Å². The van der Waals surface area contributed by atoms with E-state index in [2.05, 4.69) is 53.1 Å². The number of halogens is 1. The minimum absolute atomic E-state index is 0.439. The molecule has 5 rings (SSSR count). The number of aromatic nitrogens is 1. The molecule has 0 unspecified atom stereocenters. The molecule has 35 heavy (non-hydrogen) atoms.